The van der Waals surface area contributed by atoms with Crippen LogP contribution in [0, 0.1) is 0 Å². The van der Waals surface area contributed by atoms with Crippen LogP contribution in [-0.2, 0) is 5.60 Å². The number of carboxylic acids is 1. The zero-order valence-electron chi connectivity index (χ0n) is 12.6. The SMILES string of the molecule is O=C(O)c1cccc(NC2CCC(O)(c3cccnc3)CC2)n1. The van der Waals surface area contributed by atoms with E-state index in [9.17, 15) is 9.90 Å². The van der Waals surface area contributed by atoms with Crippen molar-refractivity contribution in [2.45, 2.75) is 37.3 Å². The van der Waals surface area contributed by atoms with Crippen LogP contribution in [0.3, 0.4) is 0 Å². The third kappa shape index (κ3) is 3.48. The summed E-state index contributed by atoms with van der Waals surface area (Å²) in [5.74, 6) is -0.482. The number of nitrogens with zero attached hydrogens (tertiary/aromatic N) is 2. The average Bonchev–Trinajstić information content (AvgIpc) is 2.58. The molecule has 120 valence electrons. The molecule has 1 aliphatic carbocycles. The fourth-order valence-corrected chi connectivity index (χ4v) is 3.01. The summed E-state index contributed by atoms with van der Waals surface area (Å²) in [6, 6.07) is 8.80. The van der Waals surface area contributed by atoms with Crippen LogP contribution in [0.1, 0.15) is 41.7 Å². The molecule has 23 heavy (non-hydrogen) atoms. The molecular weight excluding hydrogens is 294 g/mol. The van der Waals surface area contributed by atoms with Gasteiger partial charge in [-0.25, -0.2) is 9.78 Å². The van der Waals surface area contributed by atoms with Crippen LogP contribution in [0.2, 0.25) is 0 Å². The second-order valence-corrected chi connectivity index (χ2v) is 5.91. The second-order valence-electron chi connectivity index (χ2n) is 5.91. The highest BCUT2D eigenvalue weighted by Gasteiger charge is 2.35. The molecule has 3 N–H and O–H groups in total. The quantitative estimate of drug-likeness (QED) is 0.802. The van der Waals surface area contributed by atoms with E-state index in [1.165, 1.54) is 6.07 Å². The molecule has 0 bridgehead atoms. The maximum absolute atomic E-state index is 11.0. The molecule has 0 radical (unpaired) electrons. The lowest BCUT2D eigenvalue weighted by atomic mass is 9.78. The monoisotopic (exact) mass is 313 g/mol. The van der Waals surface area contributed by atoms with Gasteiger partial charge in [-0.15, -0.1) is 0 Å². The fourth-order valence-electron chi connectivity index (χ4n) is 3.01. The van der Waals surface area contributed by atoms with E-state index in [0.29, 0.717) is 18.7 Å². The van der Waals surface area contributed by atoms with E-state index in [1.807, 2.05) is 12.1 Å². The number of aromatic carboxylic acids is 1. The van der Waals surface area contributed by atoms with E-state index in [0.717, 1.165) is 18.4 Å². The number of pyridine rings is 2. The Morgan fingerprint density at radius 2 is 2.00 bits per heavy atom. The zero-order valence-corrected chi connectivity index (χ0v) is 12.6. The Hall–Kier alpha value is -2.47. The standard InChI is InChI=1S/C17H19N3O3/c21-16(22)14-4-1-5-15(20-14)19-13-6-8-17(23,9-7-13)12-3-2-10-18-11-12/h1-5,10-11,13,23H,6-9H2,(H,19,20)(H,21,22). The topological polar surface area (TPSA) is 95.3 Å². The maximum atomic E-state index is 11.0. The Morgan fingerprint density at radius 1 is 1.22 bits per heavy atom. The summed E-state index contributed by atoms with van der Waals surface area (Å²) in [5, 5.41) is 23.0. The van der Waals surface area contributed by atoms with E-state index < -0.39 is 11.6 Å². The molecule has 0 atom stereocenters. The lowest BCUT2D eigenvalue weighted by Gasteiger charge is -2.36. The fraction of sp³-hybridized carbons (Fsp3) is 0.353. The number of anilines is 1. The number of aliphatic hydroxyl groups is 1. The van der Waals surface area contributed by atoms with Gasteiger partial charge in [0, 0.05) is 24.0 Å². The molecule has 2 aromatic heterocycles. The van der Waals surface area contributed by atoms with Crippen molar-refractivity contribution in [3.63, 3.8) is 0 Å². The smallest absolute Gasteiger partial charge is 0.354 e. The van der Waals surface area contributed by atoms with Gasteiger partial charge in [0.15, 0.2) is 5.69 Å². The van der Waals surface area contributed by atoms with Gasteiger partial charge in [-0.2, -0.15) is 0 Å². The third-order valence-electron chi connectivity index (χ3n) is 4.33. The van der Waals surface area contributed by atoms with Crippen molar-refractivity contribution in [2.24, 2.45) is 0 Å². The number of carboxylic acid groups (broad SMARTS) is 1. The molecule has 6 nitrogen and oxygen atoms in total. The summed E-state index contributed by atoms with van der Waals surface area (Å²) in [6.45, 7) is 0. The van der Waals surface area contributed by atoms with Crippen molar-refractivity contribution in [2.75, 3.05) is 5.32 Å². The largest absolute Gasteiger partial charge is 0.477 e. The second kappa shape index (κ2) is 6.34. The molecule has 0 spiro atoms. The van der Waals surface area contributed by atoms with Crippen molar-refractivity contribution in [1.29, 1.82) is 0 Å². The van der Waals surface area contributed by atoms with Gasteiger partial charge in [0.05, 0.1) is 5.60 Å². The number of nitrogens with one attached hydrogen (secondary N) is 1. The highest BCUT2D eigenvalue weighted by Crippen LogP contribution is 2.37. The Balaban J connectivity index is 1.63. The summed E-state index contributed by atoms with van der Waals surface area (Å²) in [7, 11) is 0. The minimum Gasteiger partial charge on any atom is -0.477 e. The van der Waals surface area contributed by atoms with Gasteiger partial charge in [0.1, 0.15) is 5.82 Å². The number of aromatic nitrogens is 2. The molecule has 6 heteroatoms. The number of rotatable bonds is 4. The molecule has 0 saturated heterocycles. The highest BCUT2D eigenvalue weighted by atomic mass is 16.4. The van der Waals surface area contributed by atoms with Crippen LogP contribution in [0.5, 0.6) is 0 Å². The maximum Gasteiger partial charge on any atom is 0.354 e. The Bertz CT molecular complexity index is 682. The summed E-state index contributed by atoms with van der Waals surface area (Å²) >= 11 is 0. The normalized spacial score (nSPS) is 24.1. The lowest BCUT2D eigenvalue weighted by molar-refractivity contribution is -0.00363. The molecule has 0 aromatic carbocycles. The molecular formula is C17H19N3O3. The first-order valence-electron chi connectivity index (χ1n) is 7.67. The average molecular weight is 313 g/mol. The van der Waals surface area contributed by atoms with Crippen molar-refractivity contribution in [1.82, 2.24) is 9.97 Å². The van der Waals surface area contributed by atoms with E-state index in [2.05, 4.69) is 15.3 Å². The van der Waals surface area contributed by atoms with Gasteiger partial charge in [-0.3, -0.25) is 4.98 Å². The number of carbonyl (C=O) groups is 1. The molecule has 3 rings (SSSR count). The first kappa shape index (κ1) is 15.4. The molecule has 0 unspecified atom stereocenters. The van der Waals surface area contributed by atoms with Crippen molar-refractivity contribution in [3.05, 3.63) is 54.0 Å². The van der Waals surface area contributed by atoms with Crippen LogP contribution in [-0.4, -0.2) is 32.2 Å². The van der Waals surface area contributed by atoms with E-state index >= 15 is 0 Å². The van der Waals surface area contributed by atoms with Crippen molar-refractivity contribution < 1.29 is 15.0 Å². The minimum absolute atomic E-state index is 0.0256. The first-order chi connectivity index (χ1) is 11.1. The minimum atomic E-state index is -1.04. The van der Waals surface area contributed by atoms with Crippen LogP contribution in [0.25, 0.3) is 0 Å². The number of hydrogen-bond donors (Lipinski definition) is 3. The van der Waals surface area contributed by atoms with Gasteiger partial charge in [-0.1, -0.05) is 12.1 Å². The van der Waals surface area contributed by atoms with Gasteiger partial charge >= 0.3 is 5.97 Å². The third-order valence-corrected chi connectivity index (χ3v) is 4.33. The van der Waals surface area contributed by atoms with Gasteiger partial charge in [-0.05, 0) is 43.9 Å². The molecule has 1 fully saturated rings. The first-order valence-corrected chi connectivity index (χ1v) is 7.67. The van der Waals surface area contributed by atoms with Crippen LogP contribution < -0.4 is 5.32 Å². The molecule has 0 amide bonds. The van der Waals surface area contributed by atoms with Crippen LogP contribution in [0.15, 0.2) is 42.7 Å². The van der Waals surface area contributed by atoms with Gasteiger partial charge in [0.2, 0.25) is 0 Å². The zero-order chi connectivity index (χ0) is 16.3. The van der Waals surface area contributed by atoms with Gasteiger partial charge in [0.25, 0.3) is 0 Å². The summed E-state index contributed by atoms with van der Waals surface area (Å²) in [6.07, 6.45) is 6.24. The number of hydrogen-bond acceptors (Lipinski definition) is 5. The molecule has 0 aliphatic heterocycles. The summed E-state index contributed by atoms with van der Waals surface area (Å²) in [5.41, 5.74) is 0.0464. The Labute approximate surface area is 134 Å². The van der Waals surface area contributed by atoms with Crippen molar-refractivity contribution >= 4 is 11.8 Å². The van der Waals surface area contributed by atoms with Gasteiger partial charge < -0.3 is 15.5 Å². The van der Waals surface area contributed by atoms with Crippen LogP contribution in [0.4, 0.5) is 5.82 Å². The molecule has 1 aliphatic rings. The molecule has 1 saturated carbocycles. The molecule has 2 heterocycles. The Morgan fingerprint density at radius 3 is 2.65 bits per heavy atom. The van der Waals surface area contributed by atoms with E-state index in [-0.39, 0.29) is 11.7 Å². The van der Waals surface area contributed by atoms with E-state index in [4.69, 9.17) is 5.11 Å². The Kier molecular flexibility index (Phi) is 4.25. The molecule has 2 aromatic rings. The van der Waals surface area contributed by atoms with Crippen molar-refractivity contribution in [3.8, 4) is 0 Å². The summed E-state index contributed by atoms with van der Waals surface area (Å²) in [4.78, 5) is 19.1. The summed E-state index contributed by atoms with van der Waals surface area (Å²) < 4.78 is 0. The highest BCUT2D eigenvalue weighted by molar-refractivity contribution is 5.85. The predicted octanol–water partition coefficient (Wildman–Crippen LogP) is 2.42. The predicted molar refractivity (Wildman–Crippen MR) is 85.2 cm³/mol. The van der Waals surface area contributed by atoms with E-state index in [1.54, 1.807) is 24.5 Å². The lowest BCUT2D eigenvalue weighted by Crippen LogP contribution is -2.36. The van der Waals surface area contributed by atoms with Crippen LogP contribution >= 0.6 is 0 Å².